The number of fused-ring (bicyclic) bond motifs is 1. The minimum Gasteiger partial charge on any atom is -0.508 e. The molecule has 122 valence electrons. The number of nitrogens with one attached hydrogen (secondary N) is 1. The predicted octanol–water partition coefficient (Wildman–Crippen LogP) is 5.51. The maximum absolute atomic E-state index is 9.70. The minimum absolute atomic E-state index is 0.202. The molecule has 0 saturated heterocycles. The largest absolute Gasteiger partial charge is 0.508 e. The molecule has 0 fully saturated rings. The monoisotopic (exact) mass is 391 g/mol. The van der Waals surface area contributed by atoms with Crippen molar-refractivity contribution in [3.8, 4) is 17.1 Å². The van der Waals surface area contributed by atoms with Gasteiger partial charge < -0.3 is 10.4 Å². The summed E-state index contributed by atoms with van der Waals surface area (Å²) in [4.78, 5) is 9.40. The van der Waals surface area contributed by atoms with Gasteiger partial charge in [0.25, 0.3) is 0 Å². The van der Waals surface area contributed by atoms with Gasteiger partial charge in [-0.1, -0.05) is 52.3 Å². The first-order valence-electron chi connectivity index (χ1n) is 7.78. The molecule has 4 nitrogen and oxygen atoms in total. The van der Waals surface area contributed by atoms with E-state index in [-0.39, 0.29) is 5.75 Å². The zero-order chi connectivity index (χ0) is 17.2. The Bertz CT molecular complexity index is 1050. The highest BCUT2D eigenvalue weighted by Gasteiger charge is 2.10. The van der Waals surface area contributed by atoms with Crippen molar-refractivity contribution in [2.45, 2.75) is 0 Å². The van der Waals surface area contributed by atoms with Crippen molar-refractivity contribution in [2.24, 2.45) is 0 Å². The van der Waals surface area contributed by atoms with Crippen LogP contribution in [0.1, 0.15) is 0 Å². The van der Waals surface area contributed by atoms with E-state index in [0.717, 1.165) is 26.6 Å². The number of nitrogens with zero attached hydrogens (tertiary/aromatic N) is 2. The van der Waals surface area contributed by atoms with Crippen LogP contribution in [-0.4, -0.2) is 15.1 Å². The minimum atomic E-state index is 0.202. The Hall–Kier alpha value is -2.92. The number of aromatic nitrogens is 2. The Kier molecular flexibility index (Phi) is 4.07. The molecule has 0 aliphatic heterocycles. The van der Waals surface area contributed by atoms with Gasteiger partial charge in [-0.3, -0.25) is 0 Å². The van der Waals surface area contributed by atoms with Crippen LogP contribution >= 0.6 is 15.9 Å². The van der Waals surface area contributed by atoms with Crippen LogP contribution in [0.4, 0.5) is 11.5 Å². The first-order valence-corrected chi connectivity index (χ1v) is 8.57. The lowest BCUT2D eigenvalue weighted by molar-refractivity contribution is 0.475. The molecule has 2 N–H and O–H groups in total. The normalized spacial score (nSPS) is 10.8. The van der Waals surface area contributed by atoms with Crippen molar-refractivity contribution < 1.29 is 5.11 Å². The van der Waals surface area contributed by atoms with Gasteiger partial charge in [-0.05, 0) is 30.3 Å². The fraction of sp³-hybridized carbons (Fsp3) is 0. The second kappa shape index (κ2) is 6.53. The van der Waals surface area contributed by atoms with Crippen LogP contribution in [-0.2, 0) is 0 Å². The number of anilines is 2. The third kappa shape index (κ3) is 3.32. The van der Waals surface area contributed by atoms with Crippen LogP contribution < -0.4 is 5.32 Å². The summed E-state index contributed by atoms with van der Waals surface area (Å²) in [7, 11) is 0. The van der Waals surface area contributed by atoms with Crippen molar-refractivity contribution in [3.63, 3.8) is 0 Å². The lowest BCUT2D eigenvalue weighted by atomic mass is 10.2. The standard InChI is InChI=1S/C20H14BrN3O/c21-14-9-10-18-17(11-14)20(22-15-7-4-8-16(25)12-15)24-19(23-18)13-5-2-1-3-6-13/h1-12,25H,(H,22,23,24). The molecule has 0 bridgehead atoms. The highest BCUT2D eigenvalue weighted by atomic mass is 79.9. The van der Waals surface area contributed by atoms with Crippen molar-refractivity contribution >= 4 is 38.3 Å². The molecule has 0 radical (unpaired) electrons. The molecule has 0 atom stereocenters. The third-order valence-electron chi connectivity index (χ3n) is 3.80. The zero-order valence-corrected chi connectivity index (χ0v) is 14.7. The molecule has 0 aliphatic carbocycles. The average Bonchev–Trinajstić information content (AvgIpc) is 2.63. The van der Waals surface area contributed by atoms with Crippen LogP contribution in [0.25, 0.3) is 22.3 Å². The lowest BCUT2D eigenvalue weighted by Crippen LogP contribution is -1.99. The van der Waals surface area contributed by atoms with E-state index in [9.17, 15) is 5.11 Å². The Morgan fingerprint density at radius 3 is 2.48 bits per heavy atom. The van der Waals surface area contributed by atoms with Crippen molar-refractivity contribution in [1.29, 1.82) is 0 Å². The second-order valence-corrected chi connectivity index (χ2v) is 6.51. The van der Waals surface area contributed by atoms with E-state index in [0.29, 0.717) is 11.6 Å². The number of hydrogen-bond donors (Lipinski definition) is 2. The molecule has 3 aromatic carbocycles. The van der Waals surface area contributed by atoms with Gasteiger partial charge in [0.15, 0.2) is 5.82 Å². The van der Waals surface area contributed by atoms with Crippen LogP contribution in [0.15, 0.2) is 77.3 Å². The molecule has 5 heteroatoms. The maximum Gasteiger partial charge on any atom is 0.162 e. The topological polar surface area (TPSA) is 58.0 Å². The molecule has 0 amide bonds. The van der Waals surface area contributed by atoms with Gasteiger partial charge in [0, 0.05) is 27.2 Å². The van der Waals surface area contributed by atoms with E-state index >= 15 is 0 Å². The van der Waals surface area contributed by atoms with Crippen LogP contribution in [0.2, 0.25) is 0 Å². The first kappa shape index (κ1) is 15.6. The highest BCUT2D eigenvalue weighted by molar-refractivity contribution is 9.10. The summed E-state index contributed by atoms with van der Waals surface area (Å²) in [6.45, 7) is 0. The van der Waals surface area contributed by atoms with Gasteiger partial charge in [0.1, 0.15) is 11.6 Å². The predicted molar refractivity (Wildman–Crippen MR) is 104 cm³/mol. The Morgan fingerprint density at radius 2 is 1.68 bits per heavy atom. The summed E-state index contributed by atoms with van der Waals surface area (Å²) < 4.78 is 0.954. The fourth-order valence-corrected chi connectivity index (χ4v) is 2.99. The Balaban J connectivity index is 1.89. The summed E-state index contributed by atoms with van der Waals surface area (Å²) in [6.07, 6.45) is 0. The molecule has 1 aromatic heterocycles. The molecule has 4 aromatic rings. The summed E-state index contributed by atoms with van der Waals surface area (Å²) in [5, 5.41) is 13.9. The van der Waals surface area contributed by atoms with E-state index in [4.69, 9.17) is 4.98 Å². The third-order valence-corrected chi connectivity index (χ3v) is 4.29. The Morgan fingerprint density at radius 1 is 0.840 bits per heavy atom. The number of hydrogen-bond acceptors (Lipinski definition) is 4. The van der Waals surface area contributed by atoms with Crippen molar-refractivity contribution in [3.05, 3.63) is 77.3 Å². The second-order valence-electron chi connectivity index (χ2n) is 5.60. The van der Waals surface area contributed by atoms with Crippen molar-refractivity contribution in [2.75, 3.05) is 5.32 Å². The Labute approximate surface area is 153 Å². The molecule has 0 spiro atoms. The zero-order valence-electron chi connectivity index (χ0n) is 13.1. The number of aromatic hydroxyl groups is 1. The number of halogens is 1. The summed E-state index contributed by atoms with van der Waals surface area (Å²) in [6, 6.07) is 22.7. The molecule has 4 rings (SSSR count). The van der Waals surface area contributed by atoms with E-state index in [2.05, 4.69) is 26.2 Å². The van der Waals surface area contributed by atoms with Gasteiger partial charge in [-0.2, -0.15) is 0 Å². The van der Waals surface area contributed by atoms with E-state index < -0.39 is 0 Å². The molecule has 25 heavy (non-hydrogen) atoms. The van der Waals surface area contributed by atoms with E-state index in [1.807, 2.05) is 54.6 Å². The highest BCUT2D eigenvalue weighted by Crippen LogP contribution is 2.30. The molecule has 0 unspecified atom stereocenters. The number of rotatable bonds is 3. The van der Waals surface area contributed by atoms with Gasteiger partial charge >= 0.3 is 0 Å². The number of benzene rings is 3. The fourth-order valence-electron chi connectivity index (χ4n) is 2.63. The summed E-state index contributed by atoms with van der Waals surface area (Å²) in [5.74, 6) is 1.54. The molecule has 0 saturated carbocycles. The van der Waals surface area contributed by atoms with Gasteiger partial charge in [-0.25, -0.2) is 9.97 Å². The van der Waals surface area contributed by atoms with Gasteiger partial charge in [0.05, 0.1) is 5.52 Å². The summed E-state index contributed by atoms with van der Waals surface area (Å²) in [5.41, 5.74) is 2.56. The van der Waals surface area contributed by atoms with Crippen LogP contribution in [0, 0.1) is 0 Å². The van der Waals surface area contributed by atoms with Crippen molar-refractivity contribution in [1.82, 2.24) is 9.97 Å². The van der Waals surface area contributed by atoms with Gasteiger partial charge in [0.2, 0.25) is 0 Å². The molecular formula is C20H14BrN3O. The maximum atomic E-state index is 9.70. The van der Waals surface area contributed by atoms with Gasteiger partial charge in [-0.15, -0.1) is 0 Å². The van der Waals surface area contributed by atoms with E-state index in [1.54, 1.807) is 18.2 Å². The molecule has 1 heterocycles. The lowest BCUT2D eigenvalue weighted by Gasteiger charge is -2.11. The molecular weight excluding hydrogens is 378 g/mol. The SMILES string of the molecule is Oc1cccc(Nc2nc(-c3ccccc3)nc3ccc(Br)cc23)c1. The number of phenolic OH excluding ortho intramolecular Hbond substituents is 1. The van der Waals surface area contributed by atoms with Crippen LogP contribution in [0.5, 0.6) is 5.75 Å². The first-order chi connectivity index (χ1) is 12.2. The number of phenols is 1. The smallest absolute Gasteiger partial charge is 0.162 e. The van der Waals surface area contributed by atoms with E-state index in [1.165, 1.54) is 0 Å². The molecule has 0 aliphatic rings. The van der Waals surface area contributed by atoms with Crippen LogP contribution in [0.3, 0.4) is 0 Å². The quantitative estimate of drug-likeness (QED) is 0.483. The average molecular weight is 392 g/mol. The summed E-state index contributed by atoms with van der Waals surface area (Å²) >= 11 is 3.50.